The van der Waals surface area contributed by atoms with E-state index in [-0.39, 0.29) is 5.78 Å². The minimum absolute atomic E-state index is 0.255. The highest BCUT2D eigenvalue weighted by atomic mass is 16.1. The molecule has 0 atom stereocenters. The zero-order chi connectivity index (χ0) is 3.70. The fourth-order valence-corrected chi connectivity index (χ4v) is 0.214. The van der Waals surface area contributed by atoms with Gasteiger partial charge in [-0.15, -0.1) is 0 Å². The standard InChI is InChI=1S/C4H4O/c5-4-2-1-3-4/h1-2H,3H2. The molecule has 0 N–H and O–H groups in total. The molecule has 0 aliphatic heterocycles. The van der Waals surface area contributed by atoms with Gasteiger partial charge in [0.15, 0.2) is 5.78 Å². The average Bonchev–Trinajstić information content (AvgIpc) is 1.30. The Labute approximate surface area is 30.3 Å². The van der Waals surface area contributed by atoms with Gasteiger partial charge in [0.25, 0.3) is 0 Å². The maximum Gasteiger partial charge on any atom is 0.159 e. The van der Waals surface area contributed by atoms with Gasteiger partial charge in [0.2, 0.25) is 0 Å². The predicted octanol–water partition coefficient (Wildman–Crippen LogP) is 0.515. The molecule has 1 heteroatoms. The van der Waals surface area contributed by atoms with Crippen LogP contribution in [0, 0.1) is 0 Å². The first-order chi connectivity index (χ1) is 2.39. The predicted molar refractivity (Wildman–Crippen MR) is 18.8 cm³/mol. The van der Waals surface area contributed by atoms with Crippen molar-refractivity contribution in [1.29, 1.82) is 0 Å². The number of rotatable bonds is 0. The van der Waals surface area contributed by atoms with Crippen LogP contribution in [0.25, 0.3) is 0 Å². The fraction of sp³-hybridized carbons (Fsp3) is 0.250. The molecule has 1 aliphatic carbocycles. The fourth-order valence-electron chi connectivity index (χ4n) is 0.214. The highest BCUT2D eigenvalue weighted by Crippen LogP contribution is 1.96. The van der Waals surface area contributed by atoms with Crippen LogP contribution in [0.4, 0.5) is 0 Å². The molecule has 0 heterocycles. The molecule has 0 radical (unpaired) electrons. The summed E-state index contributed by atoms with van der Waals surface area (Å²) in [6.45, 7) is 0. The summed E-state index contributed by atoms with van der Waals surface area (Å²) in [4.78, 5) is 9.81. The van der Waals surface area contributed by atoms with Gasteiger partial charge in [0.05, 0.1) is 0 Å². The van der Waals surface area contributed by atoms with E-state index in [0.29, 0.717) is 6.42 Å². The Morgan fingerprint density at radius 3 is 2.20 bits per heavy atom. The minimum atomic E-state index is 0.255. The lowest BCUT2D eigenvalue weighted by Crippen LogP contribution is -1.96. The van der Waals surface area contributed by atoms with Gasteiger partial charge in [-0.2, -0.15) is 0 Å². The molecule has 0 bridgehead atoms. The van der Waals surface area contributed by atoms with E-state index in [0.717, 1.165) is 0 Å². The van der Waals surface area contributed by atoms with Gasteiger partial charge >= 0.3 is 0 Å². The van der Waals surface area contributed by atoms with Gasteiger partial charge in [-0.25, -0.2) is 0 Å². The Bertz CT molecular complexity index is 81.6. The van der Waals surface area contributed by atoms with E-state index in [9.17, 15) is 4.79 Å². The lowest BCUT2D eigenvalue weighted by molar-refractivity contribution is -0.115. The number of carbonyl (C=O) groups is 1. The summed E-state index contributed by atoms with van der Waals surface area (Å²) in [6, 6.07) is 0. The Morgan fingerprint density at radius 1 is 1.80 bits per heavy atom. The molecular formula is C4H4O. The smallest absolute Gasteiger partial charge is 0.159 e. The SMILES string of the molecule is O=C1C=CC1. The molecule has 0 aromatic rings. The Kier molecular flexibility index (Phi) is 0.357. The van der Waals surface area contributed by atoms with Gasteiger partial charge in [-0.05, 0) is 6.08 Å². The molecular weight excluding hydrogens is 64.0 g/mol. The number of allylic oxidation sites excluding steroid dienone is 2. The minimum Gasteiger partial charge on any atom is -0.295 e. The highest BCUT2D eigenvalue weighted by molar-refractivity contribution is 5.96. The second-order valence-corrected chi connectivity index (χ2v) is 1.07. The summed E-state index contributed by atoms with van der Waals surface area (Å²) >= 11 is 0. The summed E-state index contributed by atoms with van der Waals surface area (Å²) in [5.74, 6) is 0.255. The lowest BCUT2D eigenvalue weighted by atomic mass is 10.1. The first kappa shape index (κ1) is 2.64. The van der Waals surface area contributed by atoms with Crippen molar-refractivity contribution in [3.05, 3.63) is 12.2 Å². The summed E-state index contributed by atoms with van der Waals surface area (Å²) in [6.07, 6.45) is 4.10. The zero-order valence-corrected chi connectivity index (χ0v) is 2.77. The second-order valence-electron chi connectivity index (χ2n) is 1.07. The summed E-state index contributed by atoms with van der Waals surface area (Å²) < 4.78 is 0. The van der Waals surface area contributed by atoms with Gasteiger partial charge in [-0.3, -0.25) is 4.79 Å². The molecule has 1 rings (SSSR count). The van der Waals surface area contributed by atoms with Crippen molar-refractivity contribution < 1.29 is 4.79 Å². The third kappa shape index (κ3) is 0.232. The number of hydrogen-bond acceptors (Lipinski definition) is 1. The van der Waals surface area contributed by atoms with Crippen LogP contribution in [0.15, 0.2) is 12.2 Å². The molecule has 0 amide bonds. The molecule has 26 valence electrons. The number of ketones is 1. The maximum atomic E-state index is 9.81. The number of carbonyl (C=O) groups excluding carboxylic acids is 1. The van der Waals surface area contributed by atoms with Crippen LogP contribution < -0.4 is 0 Å². The molecule has 0 unspecified atom stereocenters. The van der Waals surface area contributed by atoms with E-state index in [1.165, 1.54) is 0 Å². The van der Waals surface area contributed by atoms with Crippen molar-refractivity contribution in [3.8, 4) is 0 Å². The largest absolute Gasteiger partial charge is 0.295 e. The van der Waals surface area contributed by atoms with Crippen molar-refractivity contribution >= 4 is 5.78 Å². The van der Waals surface area contributed by atoms with Gasteiger partial charge in [-0.1, -0.05) is 6.08 Å². The van der Waals surface area contributed by atoms with E-state index in [4.69, 9.17) is 0 Å². The zero-order valence-electron chi connectivity index (χ0n) is 2.77. The second kappa shape index (κ2) is 0.677. The van der Waals surface area contributed by atoms with Crippen molar-refractivity contribution in [3.63, 3.8) is 0 Å². The highest BCUT2D eigenvalue weighted by Gasteiger charge is 1.98. The van der Waals surface area contributed by atoms with E-state index < -0.39 is 0 Å². The van der Waals surface area contributed by atoms with Gasteiger partial charge in [0.1, 0.15) is 0 Å². The van der Waals surface area contributed by atoms with E-state index in [1.807, 2.05) is 6.08 Å². The number of hydrogen-bond donors (Lipinski definition) is 0. The summed E-state index contributed by atoms with van der Waals surface area (Å²) in [7, 11) is 0. The van der Waals surface area contributed by atoms with Crippen LogP contribution in [-0.2, 0) is 4.79 Å². The van der Waals surface area contributed by atoms with Crippen LogP contribution in [0.5, 0.6) is 0 Å². The Balaban J connectivity index is 2.71. The molecule has 0 saturated heterocycles. The third-order valence-electron chi connectivity index (χ3n) is 0.623. The monoisotopic (exact) mass is 68.0 g/mol. The van der Waals surface area contributed by atoms with E-state index in [2.05, 4.69) is 0 Å². The molecule has 0 aromatic carbocycles. The van der Waals surface area contributed by atoms with Gasteiger partial charge < -0.3 is 0 Å². The van der Waals surface area contributed by atoms with Crippen molar-refractivity contribution in [2.75, 3.05) is 0 Å². The van der Waals surface area contributed by atoms with Crippen LogP contribution in [0.2, 0.25) is 0 Å². The van der Waals surface area contributed by atoms with Crippen LogP contribution in [0.1, 0.15) is 6.42 Å². The Morgan fingerprint density at radius 2 is 2.20 bits per heavy atom. The quantitative estimate of drug-likeness (QED) is 0.404. The first-order valence-electron chi connectivity index (χ1n) is 1.59. The van der Waals surface area contributed by atoms with E-state index >= 15 is 0 Å². The summed E-state index contributed by atoms with van der Waals surface area (Å²) in [5.41, 5.74) is 0. The molecule has 0 aromatic heterocycles. The van der Waals surface area contributed by atoms with Crippen molar-refractivity contribution in [2.24, 2.45) is 0 Å². The Hall–Kier alpha value is -0.590. The van der Waals surface area contributed by atoms with E-state index in [1.54, 1.807) is 6.08 Å². The third-order valence-corrected chi connectivity index (χ3v) is 0.623. The van der Waals surface area contributed by atoms with Gasteiger partial charge in [0, 0.05) is 6.42 Å². The molecule has 0 saturated carbocycles. The molecule has 0 spiro atoms. The first-order valence-corrected chi connectivity index (χ1v) is 1.59. The maximum absolute atomic E-state index is 9.81. The lowest BCUT2D eigenvalue weighted by Gasteiger charge is -1.92. The topological polar surface area (TPSA) is 17.1 Å². The molecule has 1 nitrogen and oxygen atoms in total. The molecule has 1 aliphatic rings. The normalized spacial score (nSPS) is 18.8. The van der Waals surface area contributed by atoms with Crippen molar-refractivity contribution in [1.82, 2.24) is 0 Å². The molecule has 0 fully saturated rings. The van der Waals surface area contributed by atoms with Crippen LogP contribution >= 0.6 is 0 Å². The molecule has 5 heavy (non-hydrogen) atoms. The van der Waals surface area contributed by atoms with Crippen molar-refractivity contribution in [2.45, 2.75) is 6.42 Å². The van der Waals surface area contributed by atoms with Crippen LogP contribution in [-0.4, -0.2) is 5.78 Å². The van der Waals surface area contributed by atoms with Crippen LogP contribution in [0.3, 0.4) is 0 Å². The summed E-state index contributed by atoms with van der Waals surface area (Å²) in [5, 5.41) is 0. The average molecular weight is 68.1 g/mol.